The van der Waals surface area contributed by atoms with Gasteiger partial charge >= 0.3 is 0 Å². The molecule has 0 unspecified atom stereocenters. The second-order valence-electron chi connectivity index (χ2n) is 2.38. The fourth-order valence-electron chi connectivity index (χ4n) is 0.985. The summed E-state index contributed by atoms with van der Waals surface area (Å²) in [4.78, 5) is 4.36. The third-order valence-corrected chi connectivity index (χ3v) is 2.02. The zero-order chi connectivity index (χ0) is 9.84. The van der Waals surface area contributed by atoms with Crippen LogP contribution in [-0.2, 0) is 11.4 Å². The maximum atomic E-state index is 13.2. The van der Waals surface area contributed by atoms with E-state index in [1.165, 1.54) is 13.2 Å². The SMILES string of the molecule is COc1cc(Br)cc(F)c1CON. The third kappa shape index (κ3) is 2.40. The van der Waals surface area contributed by atoms with Crippen LogP contribution in [0.5, 0.6) is 5.75 Å². The number of rotatable bonds is 3. The number of benzene rings is 1. The molecule has 0 atom stereocenters. The number of hydrogen-bond acceptors (Lipinski definition) is 3. The Labute approximate surface area is 83.7 Å². The first-order valence-electron chi connectivity index (χ1n) is 3.52. The maximum absolute atomic E-state index is 13.2. The molecular formula is C8H9BrFNO2. The first kappa shape index (κ1) is 10.4. The Balaban J connectivity index is 3.13. The zero-order valence-electron chi connectivity index (χ0n) is 7.01. The summed E-state index contributed by atoms with van der Waals surface area (Å²) in [5, 5.41) is 0. The molecule has 0 amide bonds. The summed E-state index contributed by atoms with van der Waals surface area (Å²) in [7, 11) is 1.46. The topological polar surface area (TPSA) is 44.5 Å². The quantitative estimate of drug-likeness (QED) is 0.834. The van der Waals surface area contributed by atoms with Crippen molar-refractivity contribution in [2.45, 2.75) is 6.61 Å². The van der Waals surface area contributed by atoms with E-state index in [0.717, 1.165) is 0 Å². The van der Waals surface area contributed by atoms with E-state index in [1.807, 2.05) is 0 Å². The van der Waals surface area contributed by atoms with Crippen LogP contribution in [0.2, 0.25) is 0 Å². The molecule has 0 saturated heterocycles. The summed E-state index contributed by atoms with van der Waals surface area (Å²) in [6, 6.07) is 2.98. The summed E-state index contributed by atoms with van der Waals surface area (Å²) in [6.07, 6.45) is 0. The molecule has 0 aliphatic heterocycles. The minimum absolute atomic E-state index is 0.0116. The van der Waals surface area contributed by atoms with Gasteiger partial charge in [0.2, 0.25) is 0 Å². The van der Waals surface area contributed by atoms with Gasteiger partial charge in [-0.15, -0.1) is 0 Å². The molecule has 0 radical (unpaired) electrons. The second-order valence-corrected chi connectivity index (χ2v) is 3.30. The number of nitrogens with two attached hydrogens (primary N) is 1. The van der Waals surface area contributed by atoms with E-state index < -0.39 is 5.82 Å². The van der Waals surface area contributed by atoms with Crippen molar-refractivity contribution in [2.75, 3.05) is 7.11 Å². The van der Waals surface area contributed by atoms with Crippen molar-refractivity contribution >= 4 is 15.9 Å². The lowest BCUT2D eigenvalue weighted by Gasteiger charge is -2.08. The Morgan fingerprint density at radius 3 is 2.77 bits per heavy atom. The molecule has 0 aromatic heterocycles. The first-order chi connectivity index (χ1) is 6.19. The van der Waals surface area contributed by atoms with Gasteiger partial charge in [-0.05, 0) is 12.1 Å². The van der Waals surface area contributed by atoms with Crippen molar-refractivity contribution in [3.8, 4) is 5.75 Å². The number of hydrogen-bond donors (Lipinski definition) is 1. The molecule has 1 rings (SSSR count). The highest BCUT2D eigenvalue weighted by Crippen LogP contribution is 2.26. The van der Waals surface area contributed by atoms with Crippen molar-refractivity contribution in [1.29, 1.82) is 0 Å². The lowest BCUT2D eigenvalue weighted by molar-refractivity contribution is 0.119. The highest BCUT2D eigenvalue weighted by molar-refractivity contribution is 9.10. The van der Waals surface area contributed by atoms with Gasteiger partial charge in [-0.1, -0.05) is 15.9 Å². The molecule has 1 aromatic rings. The van der Waals surface area contributed by atoms with E-state index >= 15 is 0 Å². The largest absolute Gasteiger partial charge is 0.496 e. The van der Waals surface area contributed by atoms with E-state index in [1.54, 1.807) is 6.07 Å². The molecule has 0 fully saturated rings. The van der Waals surface area contributed by atoms with Gasteiger partial charge < -0.3 is 4.74 Å². The van der Waals surface area contributed by atoms with Crippen molar-refractivity contribution < 1.29 is 14.0 Å². The zero-order valence-corrected chi connectivity index (χ0v) is 8.60. The highest BCUT2D eigenvalue weighted by atomic mass is 79.9. The normalized spacial score (nSPS) is 10.2. The van der Waals surface area contributed by atoms with E-state index in [-0.39, 0.29) is 6.61 Å². The maximum Gasteiger partial charge on any atom is 0.133 e. The summed E-state index contributed by atoms with van der Waals surface area (Å²) >= 11 is 3.15. The highest BCUT2D eigenvalue weighted by Gasteiger charge is 2.10. The lowest BCUT2D eigenvalue weighted by Crippen LogP contribution is -2.03. The van der Waals surface area contributed by atoms with Crippen LogP contribution in [0, 0.1) is 5.82 Å². The monoisotopic (exact) mass is 249 g/mol. The van der Waals surface area contributed by atoms with Gasteiger partial charge in [0.05, 0.1) is 19.3 Å². The molecule has 0 aliphatic carbocycles. The number of methoxy groups -OCH3 is 1. The molecule has 0 bridgehead atoms. The van der Waals surface area contributed by atoms with Gasteiger partial charge in [-0.25, -0.2) is 10.3 Å². The van der Waals surface area contributed by atoms with Crippen molar-refractivity contribution in [2.24, 2.45) is 5.90 Å². The van der Waals surface area contributed by atoms with Crippen LogP contribution in [0.4, 0.5) is 4.39 Å². The van der Waals surface area contributed by atoms with Crippen LogP contribution >= 0.6 is 15.9 Å². The van der Waals surface area contributed by atoms with Gasteiger partial charge in [0, 0.05) is 4.47 Å². The van der Waals surface area contributed by atoms with Crippen LogP contribution in [0.15, 0.2) is 16.6 Å². The summed E-state index contributed by atoms with van der Waals surface area (Å²) in [6.45, 7) is -0.0116. The van der Waals surface area contributed by atoms with Crippen LogP contribution < -0.4 is 10.6 Å². The molecule has 0 saturated carbocycles. The van der Waals surface area contributed by atoms with Crippen LogP contribution in [0.1, 0.15) is 5.56 Å². The van der Waals surface area contributed by atoms with Crippen LogP contribution in [-0.4, -0.2) is 7.11 Å². The van der Waals surface area contributed by atoms with E-state index in [4.69, 9.17) is 10.6 Å². The third-order valence-electron chi connectivity index (χ3n) is 1.57. The van der Waals surface area contributed by atoms with E-state index in [2.05, 4.69) is 20.8 Å². The second kappa shape index (κ2) is 4.55. The fraction of sp³-hybridized carbons (Fsp3) is 0.250. The molecule has 0 aliphatic rings. The molecule has 0 heterocycles. The van der Waals surface area contributed by atoms with E-state index in [0.29, 0.717) is 15.8 Å². The van der Waals surface area contributed by atoms with Gasteiger partial charge in [0.15, 0.2) is 0 Å². The number of ether oxygens (including phenoxy) is 1. The standard InChI is InChI=1S/C8H9BrFNO2/c1-12-8-3-5(9)2-7(10)6(8)4-13-11/h2-3H,4,11H2,1H3. The molecule has 13 heavy (non-hydrogen) atoms. The molecule has 1 aromatic carbocycles. The molecule has 3 nitrogen and oxygen atoms in total. The van der Waals surface area contributed by atoms with Gasteiger partial charge in [0.1, 0.15) is 11.6 Å². The van der Waals surface area contributed by atoms with Crippen LogP contribution in [0.25, 0.3) is 0 Å². The van der Waals surface area contributed by atoms with Gasteiger partial charge in [-0.2, -0.15) is 0 Å². The lowest BCUT2D eigenvalue weighted by atomic mass is 10.2. The van der Waals surface area contributed by atoms with Crippen molar-refractivity contribution in [1.82, 2.24) is 0 Å². The van der Waals surface area contributed by atoms with E-state index in [9.17, 15) is 4.39 Å². The Morgan fingerprint density at radius 2 is 2.23 bits per heavy atom. The molecule has 2 N–H and O–H groups in total. The minimum atomic E-state index is -0.406. The molecule has 0 spiro atoms. The molecule has 5 heteroatoms. The number of halogens is 2. The van der Waals surface area contributed by atoms with Crippen LogP contribution in [0.3, 0.4) is 0 Å². The molecule has 72 valence electrons. The predicted molar refractivity (Wildman–Crippen MR) is 49.6 cm³/mol. The Bertz CT molecular complexity index is 306. The molecular weight excluding hydrogens is 241 g/mol. The average molecular weight is 250 g/mol. The smallest absolute Gasteiger partial charge is 0.133 e. The Morgan fingerprint density at radius 1 is 1.54 bits per heavy atom. The average Bonchev–Trinajstić information content (AvgIpc) is 2.09. The van der Waals surface area contributed by atoms with Crippen molar-refractivity contribution in [3.05, 3.63) is 28.0 Å². The first-order valence-corrected chi connectivity index (χ1v) is 4.32. The van der Waals surface area contributed by atoms with Crippen molar-refractivity contribution in [3.63, 3.8) is 0 Å². The summed E-state index contributed by atoms with van der Waals surface area (Å²) < 4.78 is 18.8. The summed E-state index contributed by atoms with van der Waals surface area (Å²) in [5.41, 5.74) is 0.313. The van der Waals surface area contributed by atoms with Gasteiger partial charge in [0.25, 0.3) is 0 Å². The predicted octanol–water partition coefficient (Wildman–Crippen LogP) is 1.99. The van der Waals surface area contributed by atoms with Gasteiger partial charge in [-0.3, -0.25) is 4.84 Å². The fourth-order valence-corrected chi connectivity index (χ4v) is 1.39. The Kier molecular flexibility index (Phi) is 3.65. The minimum Gasteiger partial charge on any atom is -0.496 e. The Hall–Kier alpha value is -0.650. The summed E-state index contributed by atoms with van der Waals surface area (Å²) in [5.74, 6) is 4.87.